The molecular formula is C12H17NO2S. The van der Waals surface area contributed by atoms with Gasteiger partial charge in [0.05, 0.1) is 16.3 Å². The Morgan fingerprint density at radius 2 is 2.00 bits per heavy atom. The minimum Gasteiger partial charge on any atom is -0.372 e. The Hall–Kier alpha value is -1.03. The molecule has 88 valence electrons. The van der Waals surface area contributed by atoms with E-state index in [1.807, 2.05) is 24.1 Å². The summed E-state index contributed by atoms with van der Waals surface area (Å²) in [6, 6.07) is 5.57. The van der Waals surface area contributed by atoms with Gasteiger partial charge in [-0.3, -0.25) is 0 Å². The van der Waals surface area contributed by atoms with E-state index in [1.165, 1.54) is 0 Å². The summed E-state index contributed by atoms with van der Waals surface area (Å²) in [7, 11) is -1.11. The van der Waals surface area contributed by atoms with E-state index >= 15 is 0 Å². The average Bonchev–Trinajstić information content (AvgIpc) is 2.23. The number of hydrogen-bond donors (Lipinski definition) is 0. The predicted molar refractivity (Wildman–Crippen MR) is 65.9 cm³/mol. The molecule has 0 N–H and O–H groups in total. The first-order valence-corrected chi connectivity index (χ1v) is 7.15. The summed E-state index contributed by atoms with van der Waals surface area (Å²) in [6.07, 6.45) is 0. The van der Waals surface area contributed by atoms with Gasteiger partial charge in [0.25, 0.3) is 0 Å². The third-order valence-electron chi connectivity index (χ3n) is 3.06. The lowest BCUT2D eigenvalue weighted by Gasteiger charge is -2.30. The van der Waals surface area contributed by atoms with Crippen LogP contribution in [0.2, 0.25) is 0 Å². The van der Waals surface area contributed by atoms with Crippen molar-refractivity contribution in [2.24, 2.45) is 0 Å². The quantitative estimate of drug-likeness (QED) is 0.752. The first-order chi connectivity index (χ1) is 7.43. The van der Waals surface area contributed by atoms with Gasteiger partial charge in [-0.1, -0.05) is 26.0 Å². The Morgan fingerprint density at radius 3 is 2.62 bits per heavy atom. The van der Waals surface area contributed by atoms with Crippen LogP contribution in [0, 0.1) is 0 Å². The van der Waals surface area contributed by atoms with Crippen molar-refractivity contribution in [2.75, 3.05) is 24.2 Å². The van der Waals surface area contributed by atoms with Crippen LogP contribution < -0.4 is 4.90 Å². The molecule has 16 heavy (non-hydrogen) atoms. The van der Waals surface area contributed by atoms with E-state index in [1.54, 1.807) is 6.07 Å². The highest BCUT2D eigenvalue weighted by atomic mass is 32.2. The summed E-state index contributed by atoms with van der Waals surface area (Å²) in [5.41, 5.74) is 2.01. The Balaban J connectivity index is 2.73. The van der Waals surface area contributed by atoms with Gasteiger partial charge in [0.1, 0.15) is 0 Å². The lowest BCUT2D eigenvalue weighted by Crippen LogP contribution is -2.33. The van der Waals surface area contributed by atoms with Gasteiger partial charge in [-0.25, -0.2) is 8.42 Å². The molecule has 0 saturated heterocycles. The highest BCUT2D eigenvalue weighted by Crippen LogP contribution is 2.36. The van der Waals surface area contributed by atoms with Gasteiger partial charge in [0.15, 0.2) is 9.84 Å². The summed E-state index contributed by atoms with van der Waals surface area (Å²) in [4.78, 5) is 2.54. The maximum absolute atomic E-state index is 12.0. The molecule has 0 amide bonds. The second kappa shape index (κ2) is 3.77. The average molecular weight is 239 g/mol. The summed E-state index contributed by atoms with van der Waals surface area (Å²) >= 11 is 0. The zero-order chi connectivity index (χ0) is 11.9. The van der Waals surface area contributed by atoms with Crippen LogP contribution in [0.15, 0.2) is 23.1 Å². The molecule has 1 aliphatic rings. The SMILES string of the molecule is CC(C)c1cccc2c1N(C)CCS2(=O)=O. The normalized spacial score (nSPS) is 18.6. The van der Waals surface area contributed by atoms with Gasteiger partial charge < -0.3 is 4.90 Å². The Bertz CT molecular complexity index is 506. The standard InChI is InChI=1S/C12H17NO2S/c1-9(2)10-5-4-6-11-12(10)13(3)7-8-16(11,14)15/h4-6,9H,7-8H2,1-3H3. The summed E-state index contributed by atoms with van der Waals surface area (Å²) in [5.74, 6) is 0.559. The third-order valence-corrected chi connectivity index (χ3v) is 4.78. The van der Waals surface area contributed by atoms with E-state index in [0.29, 0.717) is 17.4 Å². The van der Waals surface area contributed by atoms with Crippen molar-refractivity contribution in [3.8, 4) is 0 Å². The van der Waals surface area contributed by atoms with Crippen molar-refractivity contribution >= 4 is 15.5 Å². The maximum Gasteiger partial charge on any atom is 0.182 e. The molecule has 1 aliphatic heterocycles. The van der Waals surface area contributed by atoms with Gasteiger partial charge >= 0.3 is 0 Å². The summed E-state index contributed by atoms with van der Waals surface area (Å²) in [6.45, 7) is 4.76. The monoisotopic (exact) mass is 239 g/mol. The fraction of sp³-hybridized carbons (Fsp3) is 0.500. The van der Waals surface area contributed by atoms with Gasteiger partial charge in [0, 0.05) is 13.6 Å². The molecule has 2 rings (SSSR count). The highest BCUT2D eigenvalue weighted by molar-refractivity contribution is 7.91. The first kappa shape index (κ1) is 11.5. The smallest absolute Gasteiger partial charge is 0.182 e. The van der Waals surface area contributed by atoms with Crippen molar-refractivity contribution < 1.29 is 8.42 Å². The number of anilines is 1. The minimum absolute atomic E-state index is 0.220. The van der Waals surface area contributed by atoms with E-state index in [9.17, 15) is 8.42 Å². The molecule has 1 heterocycles. The van der Waals surface area contributed by atoms with Crippen LogP contribution in [0.4, 0.5) is 5.69 Å². The number of para-hydroxylation sites is 1. The topological polar surface area (TPSA) is 37.4 Å². The number of rotatable bonds is 1. The molecule has 0 unspecified atom stereocenters. The van der Waals surface area contributed by atoms with E-state index < -0.39 is 9.84 Å². The molecule has 1 aromatic carbocycles. The van der Waals surface area contributed by atoms with E-state index in [2.05, 4.69) is 13.8 Å². The number of hydrogen-bond acceptors (Lipinski definition) is 3. The zero-order valence-corrected chi connectivity index (χ0v) is 10.7. The van der Waals surface area contributed by atoms with E-state index in [4.69, 9.17) is 0 Å². The number of benzene rings is 1. The van der Waals surface area contributed by atoms with Gasteiger partial charge in [-0.2, -0.15) is 0 Å². The molecule has 0 aliphatic carbocycles. The Morgan fingerprint density at radius 1 is 1.31 bits per heavy atom. The summed E-state index contributed by atoms with van der Waals surface area (Å²) in [5, 5.41) is 0. The van der Waals surface area contributed by atoms with Gasteiger partial charge in [-0.15, -0.1) is 0 Å². The van der Waals surface area contributed by atoms with Crippen molar-refractivity contribution in [1.29, 1.82) is 0 Å². The molecule has 0 fully saturated rings. The van der Waals surface area contributed by atoms with Crippen LogP contribution >= 0.6 is 0 Å². The molecule has 0 saturated carbocycles. The molecule has 4 heteroatoms. The van der Waals surface area contributed by atoms with Crippen molar-refractivity contribution in [1.82, 2.24) is 0 Å². The number of fused-ring (bicyclic) bond motifs is 1. The largest absolute Gasteiger partial charge is 0.372 e. The second-order valence-corrected chi connectivity index (χ2v) is 6.67. The zero-order valence-electron chi connectivity index (χ0n) is 9.90. The lowest BCUT2D eigenvalue weighted by molar-refractivity contribution is 0.591. The van der Waals surface area contributed by atoms with E-state index in [0.717, 1.165) is 11.3 Å². The van der Waals surface area contributed by atoms with Crippen LogP contribution in [-0.2, 0) is 9.84 Å². The van der Waals surface area contributed by atoms with Crippen LogP contribution in [0.25, 0.3) is 0 Å². The fourth-order valence-electron chi connectivity index (χ4n) is 2.14. The molecule has 0 spiro atoms. The lowest BCUT2D eigenvalue weighted by atomic mass is 10.0. The van der Waals surface area contributed by atoms with Crippen LogP contribution in [-0.4, -0.2) is 27.8 Å². The maximum atomic E-state index is 12.0. The molecular weight excluding hydrogens is 222 g/mol. The molecule has 0 atom stereocenters. The number of sulfone groups is 1. The number of nitrogens with zero attached hydrogens (tertiary/aromatic N) is 1. The van der Waals surface area contributed by atoms with E-state index in [-0.39, 0.29) is 5.75 Å². The first-order valence-electron chi connectivity index (χ1n) is 5.50. The Labute approximate surface area is 97.0 Å². The van der Waals surface area contributed by atoms with Gasteiger partial charge in [-0.05, 0) is 17.5 Å². The van der Waals surface area contributed by atoms with Gasteiger partial charge in [0.2, 0.25) is 0 Å². The fourth-order valence-corrected chi connectivity index (χ4v) is 3.73. The predicted octanol–water partition coefficient (Wildman–Crippen LogP) is 2.03. The third kappa shape index (κ3) is 1.71. The Kier molecular flexibility index (Phi) is 2.70. The molecule has 0 bridgehead atoms. The summed E-state index contributed by atoms with van der Waals surface area (Å²) < 4.78 is 23.9. The van der Waals surface area contributed by atoms with Crippen molar-refractivity contribution in [3.05, 3.63) is 23.8 Å². The van der Waals surface area contributed by atoms with Crippen LogP contribution in [0.3, 0.4) is 0 Å². The van der Waals surface area contributed by atoms with Crippen molar-refractivity contribution in [2.45, 2.75) is 24.7 Å². The molecule has 0 radical (unpaired) electrons. The highest BCUT2D eigenvalue weighted by Gasteiger charge is 2.28. The molecule has 1 aromatic rings. The van der Waals surface area contributed by atoms with Crippen LogP contribution in [0.5, 0.6) is 0 Å². The van der Waals surface area contributed by atoms with Crippen molar-refractivity contribution in [3.63, 3.8) is 0 Å². The molecule has 3 nitrogen and oxygen atoms in total. The molecule has 0 aromatic heterocycles. The van der Waals surface area contributed by atoms with Crippen LogP contribution in [0.1, 0.15) is 25.3 Å². The second-order valence-electron chi connectivity index (χ2n) is 4.59. The minimum atomic E-state index is -3.07.